The second kappa shape index (κ2) is 8.20. The van der Waals surface area contributed by atoms with Crippen LogP contribution in [-0.4, -0.2) is 38.0 Å². The Kier molecular flexibility index (Phi) is 5.74. The topological polar surface area (TPSA) is 74.8 Å². The third kappa shape index (κ3) is 3.92. The highest BCUT2D eigenvalue weighted by molar-refractivity contribution is 7.90. The van der Waals surface area contributed by atoms with E-state index in [9.17, 15) is 16.8 Å². The lowest BCUT2D eigenvalue weighted by atomic mass is 10.2. The third-order valence-corrected chi connectivity index (χ3v) is 9.25. The van der Waals surface area contributed by atoms with E-state index >= 15 is 0 Å². The predicted molar refractivity (Wildman–Crippen MR) is 119 cm³/mol. The Morgan fingerprint density at radius 3 is 1.81 bits per heavy atom. The molecule has 162 valence electrons. The Labute approximate surface area is 183 Å². The maximum Gasteiger partial charge on any atom is 0.245 e. The van der Waals surface area contributed by atoms with Crippen molar-refractivity contribution in [3.05, 3.63) is 96.1 Å². The zero-order valence-electron chi connectivity index (χ0n) is 17.3. The van der Waals surface area contributed by atoms with Crippen LogP contribution < -0.4 is 0 Å². The zero-order chi connectivity index (χ0) is 22.2. The van der Waals surface area contributed by atoms with Crippen molar-refractivity contribution in [2.24, 2.45) is 0 Å². The smallest absolute Gasteiger partial charge is 0.207 e. The van der Waals surface area contributed by atoms with Gasteiger partial charge in [-0.15, -0.1) is 0 Å². The summed E-state index contributed by atoms with van der Waals surface area (Å²) in [5, 5.41) is 0. The van der Waals surface area contributed by atoms with E-state index in [1.165, 1.54) is 20.7 Å². The van der Waals surface area contributed by atoms with Gasteiger partial charge < -0.3 is 0 Å². The molecule has 0 radical (unpaired) electrons. The highest BCUT2D eigenvalue weighted by Gasteiger charge is 2.50. The van der Waals surface area contributed by atoms with Gasteiger partial charge in [0.15, 0.2) is 0 Å². The molecule has 1 saturated heterocycles. The molecule has 3 aromatic rings. The van der Waals surface area contributed by atoms with Crippen LogP contribution in [0.15, 0.2) is 94.7 Å². The normalized spacial score (nSPS) is 20.7. The number of nitrogens with zero attached hydrogens (tertiary/aromatic N) is 2. The molecule has 0 amide bonds. The van der Waals surface area contributed by atoms with E-state index in [-0.39, 0.29) is 16.3 Å². The van der Waals surface area contributed by atoms with Crippen LogP contribution in [0.4, 0.5) is 0 Å². The predicted octanol–water partition coefficient (Wildman–Crippen LogP) is 3.78. The lowest BCUT2D eigenvalue weighted by molar-refractivity contribution is 0.276. The third-order valence-electron chi connectivity index (χ3n) is 5.44. The Morgan fingerprint density at radius 2 is 1.23 bits per heavy atom. The Bertz CT molecular complexity index is 1260. The molecule has 2 atom stereocenters. The van der Waals surface area contributed by atoms with Gasteiger partial charge in [-0.3, -0.25) is 0 Å². The summed E-state index contributed by atoms with van der Waals surface area (Å²) in [7, 11) is -7.87. The maximum absolute atomic E-state index is 13.6. The van der Waals surface area contributed by atoms with Gasteiger partial charge in [-0.05, 0) is 43.7 Å². The lowest BCUT2D eigenvalue weighted by Crippen LogP contribution is -2.39. The maximum atomic E-state index is 13.6. The molecule has 1 fully saturated rings. The summed E-state index contributed by atoms with van der Waals surface area (Å²) in [6.45, 7) is 3.68. The molecule has 0 saturated carbocycles. The number of rotatable bonds is 5. The molecule has 0 unspecified atom stereocenters. The summed E-state index contributed by atoms with van der Waals surface area (Å²) in [4.78, 5) is 0.280. The van der Waals surface area contributed by atoms with Gasteiger partial charge in [0.05, 0.1) is 9.79 Å². The summed E-state index contributed by atoms with van der Waals surface area (Å²) in [5.41, 5.74) is 1.55. The summed E-state index contributed by atoms with van der Waals surface area (Å²) in [6, 6.07) is 23.1. The average Bonchev–Trinajstić information content (AvgIpc) is 3.14. The Morgan fingerprint density at radius 1 is 0.710 bits per heavy atom. The molecule has 3 aromatic carbocycles. The standard InChI is InChI=1S/C23H24N2O4S2/c1-18-13-15-22(16-14-18)30(26,27)24-17-19(2)25(23(24)20-9-5-3-6-10-20)31(28,29)21-11-7-4-8-12-21/h3-16,19,23H,17H2,1-2H3/t19-,23+/m1/s1. The first-order valence-corrected chi connectivity index (χ1v) is 12.8. The van der Waals surface area contributed by atoms with Crippen LogP contribution in [0.3, 0.4) is 0 Å². The molecule has 1 aliphatic rings. The van der Waals surface area contributed by atoms with Gasteiger partial charge in [0.2, 0.25) is 20.0 Å². The zero-order valence-corrected chi connectivity index (χ0v) is 18.9. The fourth-order valence-electron chi connectivity index (χ4n) is 3.90. The van der Waals surface area contributed by atoms with Crippen LogP contribution in [0, 0.1) is 6.92 Å². The molecule has 6 nitrogen and oxygen atoms in total. The van der Waals surface area contributed by atoms with Crippen LogP contribution in [0.25, 0.3) is 0 Å². The molecular weight excluding hydrogens is 432 g/mol. The first kappa shape index (κ1) is 21.7. The van der Waals surface area contributed by atoms with E-state index in [2.05, 4.69) is 0 Å². The summed E-state index contributed by atoms with van der Waals surface area (Å²) < 4.78 is 56.9. The fourth-order valence-corrected chi connectivity index (χ4v) is 7.40. The van der Waals surface area contributed by atoms with Gasteiger partial charge in [0.25, 0.3) is 0 Å². The van der Waals surface area contributed by atoms with Crippen molar-refractivity contribution < 1.29 is 16.8 Å². The first-order chi connectivity index (χ1) is 14.7. The fraction of sp³-hybridized carbons (Fsp3) is 0.217. The lowest BCUT2D eigenvalue weighted by Gasteiger charge is -2.30. The molecule has 4 rings (SSSR count). The monoisotopic (exact) mass is 456 g/mol. The molecule has 0 aliphatic carbocycles. The minimum atomic E-state index is -3.94. The van der Waals surface area contributed by atoms with E-state index in [0.717, 1.165) is 5.56 Å². The van der Waals surface area contributed by atoms with Crippen molar-refractivity contribution in [3.8, 4) is 0 Å². The van der Waals surface area contributed by atoms with Crippen molar-refractivity contribution >= 4 is 20.0 Å². The number of hydrogen-bond acceptors (Lipinski definition) is 4. The number of benzene rings is 3. The molecular formula is C23H24N2O4S2. The second-order valence-electron chi connectivity index (χ2n) is 7.67. The highest BCUT2D eigenvalue weighted by atomic mass is 32.2. The van der Waals surface area contributed by atoms with Crippen molar-refractivity contribution in [2.45, 2.75) is 35.8 Å². The first-order valence-electron chi connectivity index (χ1n) is 9.95. The minimum Gasteiger partial charge on any atom is -0.207 e. The molecule has 1 heterocycles. The Balaban J connectivity index is 1.87. The van der Waals surface area contributed by atoms with Crippen LogP contribution >= 0.6 is 0 Å². The Hall–Kier alpha value is -2.52. The van der Waals surface area contributed by atoms with Crippen LogP contribution in [0.1, 0.15) is 24.2 Å². The summed E-state index contributed by atoms with van der Waals surface area (Å²) in [5.74, 6) is 0. The second-order valence-corrected chi connectivity index (χ2v) is 11.4. The van der Waals surface area contributed by atoms with E-state index < -0.39 is 32.3 Å². The average molecular weight is 457 g/mol. The highest BCUT2D eigenvalue weighted by Crippen LogP contribution is 2.41. The van der Waals surface area contributed by atoms with Crippen molar-refractivity contribution in [1.29, 1.82) is 0 Å². The van der Waals surface area contributed by atoms with Gasteiger partial charge in [-0.1, -0.05) is 66.2 Å². The van der Waals surface area contributed by atoms with Crippen LogP contribution in [0.5, 0.6) is 0 Å². The van der Waals surface area contributed by atoms with E-state index in [4.69, 9.17) is 0 Å². The van der Waals surface area contributed by atoms with E-state index in [1.807, 2.05) is 13.0 Å². The summed E-state index contributed by atoms with van der Waals surface area (Å²) >= 11 is 0. The molecule has 0 aromatic heterocycles. The molecule has 31 heavy (non-hydrogen) atoms. The van der Waals surface area contributed by atoms with Gasteiger partial charge in [-0.2, -0.15) is 8.61 Å². The summed E-state index contributed by atoms with van der Waals surface area (Å²) in [6.07, 6.45) is -0.979. The van der Waals surface area contributed by atoms with Gasteiger partial charge >= 0.3 is 0 Å². The number of hydrogen-bond donors (Lipinski definition) is 0. The molecule has 0 bridgehead atoms. The van der Waals surface area contributed by atoms with Crippen molar-refractivity contribution in [3.63, 3.8) is 0 Å². The molecule has 0 spiro atoms. The SMILES string of the molecule is Cc1ccc(S(=O)(=O)N2C[C@@H](C)N(S(=O)(=O)c3ccccc3)[C@H]2c2ccccc2)cc1. The molecule has 0 N–H and O–H groups in total. The van der Waals surface area contributed by atoms with E-state index in [0.29, 0.717) is 5.56 Å². The van der Waals surface area contributed by atoms with Crippen LogP contribution in [0.2, 0.25) is 0 Å². The largest absolute Gasteiger partial charge is 0.245 e. The molecule has 8 heteroatoms. The number of sulfonamides is 2. The van der Waals surface area contributed by atoms with Crippen molar-refractivity contribution in [2.75, 3.05) is 6.54 Å². The van der Waals surface area contributed by atoms with Gasteiger partial charge in [-0.25, -0.2) is 16.8 Å². The van der Waals surface area contributed by atoms with Crippen molar-refractivity contribution in [1.82, 2.24) is 8.61 Å². The molecule has 1 aliphatic heterocycles. The quantitative estimate of drug-likeness (QED) is 0.586. The van der Waals surface area contributed by atoms with E-state index in [1.54, 1.807) is 73.7 Å². The van der Waals surface area contributed by atoms with Gasteiger partial charge in [0, 0.05) is 12.6 Å². The van der Waals surface area contributed by atoms with Gasteiger partial charge in [0.1, 0.15) is 6.17 Å². The van der Waals surface area contributed by atoms with Crippen LogP contribution in [-0.2, 0) is 20.0 Å². The minimum absolute atomic E-state index is 0.0574. The number of aryl methyl sites for hydroxylation is 1.